The first-order valence-corrected chi connectivity index (χ1v) is 6.48. The molecule has 0 aromatic carbocycles. The van der Waals surface area contributed by atoms with E-state index in [0.29, 0.717) is 24.8 Å². The number of nitrogens with two attached hydrogens (primary N) is 1. The first kappa shape index (κ1) is 10.6. The Morgan fingerprint density at radius 3 is 2.88 bits per heavy atom. The smallest absolute Gasteiger partial charge is 0.306 e. The van der Waals surface area contributed by atoms with E-state index in [2.05, 4.69) is 0 Å². The van der Waals surface area contributed by atoms with E-state index >= 15 is 0 Å². The van der Waals surface area contributed by atoms with Crippen molar-refractivity contribution in [1.82, 2.24) is 0 Å². The van der Waals surface area contributed by atoms with Crippen LogP contribution < -0.4 is 5.73 Å². The van der Waals surface area contributed by atoms with Crippen LogP contribution in [0.5, 0.6) is 0 Å². The summed E-state index contributed by atoms with van der Waals surface area (Å²) in [5.74, 6) is 3.16. The number of methoxy groups -OCH3 is 1. The molecule has 90 valence electrons. The Kier molecular flexibility index (Phi) is 2.29. The van der Waals surface area contributed by atoms with Crippen molar-refractivity contribution < 1.29 is 9.53 Å². The highest BCUT2D eigenvalue weighted by atomic mass is 16.5. The van der Waals surface area contributed by atoms with Gasteiger partial charge in [-0.25, -0.2) is 0 Å². The second kappa shape index (κ2) is 3.46. The van der Waals surface area contributed by atoms with Gasteiger partial charge in [0.25, 0.3) is 0 Å². The van der Waals surface area contributed by atoms with Crippen molar-refractivity contribution >= 4 is 5.97 Å². The van der Waals surface area contributed by atoms with Crippen LogP contribution in [0.2, 0.25) is 0 Å². The maximum Gasteiger partial charge on any atom is 0.306 e. The van der Waals surface area contributed by atoms with Crippen LogP contribution in [0, 0.1) is 29.1 Å². The van der Waals surface area contributed by atoms with Gasteiger partial charge in [0.05, 0.1) is 13.5 Å². The van der Waals surface area contributed by atoms with E-state index in [9.17, 15) is 4.79 Å². The van der Waals surface area contributed by atoms with E-state index in [4.69, 9.17) is 10.5 Å². The third-order valence-corrected chi connectivity index (χ3v) is 5.67. The average molecular weight is 223 g/mol. The largest absolute Gasteiger partial charge is 0.469 e. The molecule has 2 N–H and O–H groups in total. The molecule has 0 aromatic heterocycles. The standard InChI is InChI=1S/C13H21NO2/c1-16-12(15)6-13(7-14)10-3-2-8-4-9(10)11(13)5-8/h8-11H,2-7,14H2,1H3/t8-,9-,10+,11-,13-/m0/s1. The van der Waals surface area contributed by atoms with Crippen molar-refractivity contribution in [3.63, 3.8) is 0 Å². The lowest BCUT2D eigenvalue weighted by atomic mass is 9.45. The minimum absolute atomic E-state index is 0.0701. The summed E-state index contributed by atoms with van der Waals surface area (Å²) in [7, 11) is 1.48. The summed E-state index contributed by atoms with van der Waals surface area (Å²) in [4.78, 5) is 11.6. The lowest BCUT2D eigenvalue weighted by Crippen LogP contribution is -2.59. The van der Waals surface area contributed by atoms with Crippen LogP contribution in [0.15, 0.2) is 0 Å². The number of hydrogen-bond donors (Lipinski definition) is 1. The molecule has 3 rings (SSSR count). The van der Waals surface area contributed by atoms with Gasteiger partial charge in [0, 0.05) is 0 Å². The van der Waals surface area contributed by atoms with Gasteiger partial charge in [-0.3, -0.25) is 4.79 Å². The van der Waals surface area contributed by atoms with Crippen LogP contribution in [0.1, 0.15) is 32.1 Å². The molecule has 5 atom stereocenters. The molecular formula is C13H21NO2. The number of hydrogen-bond acceptors (Lipinski definition) is 3. The number of rotatable bonds is 3. The highest BCUT2D eigenvalue weighted by Crippen LogP contribution is 2.70. The minimum atomic E-state index is -0.0701. The summed E-state index contributed by atoms with van der Waals surface area (Å²) >= 11 is 0. The molecule has 3 saturated carbocycles. The fourth-order valence-corrected chi connectivity index (χ4v) is 5.00. The molecule has 0 unspecified atom stereocenters. The van der Waals surface area contributed by atoms with Crippen molar-refractivity contribution in [1.29, 1.82) is 0 Å². The van der Waals surface area contributed by atoms with Gasteiger partial charge < -0.3 is 10.5 Å². The van der Waals surface area contributed by atoms with Gasteiger partial charge >= 0.3 is 5.97 Å². The van der Waals surface area contributed by atoms with Crippen molar-refractivity contribution in [3.05, 3.63) is 0 Å². The SMILES string of the molecule is COC(=O)C[C@]1(CN)[C@@H]2CC[C@H]3C[C@@H]2[C@@H]1C3. The zero-order chi connectivity index (χ0) is 11.3. The van der Waals surface area contributed by atoms with Crippen LogP contribution in [0.25, 0.3) is 0 Å². The van der Waals surface area contributed by atoms with Crippen LogP contribution in [0.4, 0.5) is 0 Å². The molecular weight excluding hydrogens is 202 g/mol. The van der Waals surface area contributed by atoms with Crippen LogP contribution >= 0.6 is 0 Å². The lowest BCUT2D eigenvalue weighted by Gasteiger charge is -2.59. The Morgan fingerprint density at radius 1 is 1.38 bits per heavy atom. The average Bonchev–Trinajstić information content (AvgIpc) is 2.49. The van der Waals surface area contributed by atoms with Crippen LogP contribution in [-0.2, 0) is 9.53 Å². The fourth-order valence-electron chi connectivity index (χ4n) is 5.00. The molecule has 3 aliphatic carbocycles. The zero-order valence-corrected chi connectivity index (χ0v) is 9.95. The topological polar surface area (TPSA) is 52.3 Å². The van der Waals surface area contributed by atoms with Crippen molar-refractivity contribution in [2.75, 3.05) is 13.7 Å². The van der Waals surface area contributed by atoms with Crippen molar-refractivity contribution in [3.8, 4) is 0 Å². The quantitative estimate of drug-likeness (QED) is 0.739. The molecule has 3 aliphatic rings. The first-order chi connectivity index (χ1) is 7.71. The normalized spacial score (nSPS) is 48.6. The molecule has 0 saturated heterocycles. The molecule has 3 nitrogen and oxygen atoms in total. The van der Waals surface area contributed by atoms with Crippen molar-refractivity contribution in [2.45, 2.75) is 32.1 Å². The maximum atomic E-state index is 11.6. The Hall–Kier alpha value is -0.570. The van der Waals surface area contributed by atoms with Crippen LogP contribution in [0.3, 0.4) is 0 Å². The summed E-state index contributed by atoms with van der Waals surface area (Å²) in [6.07, 6.45) is 5.92. The van der Waals surface area contributed by atoms with E-state index < -0.39 is 0 Å². The predicted molar refractivity (Wildman–Crippen MR) is 60.5 cm³/mol. The van der Waals surface area contributed by atoms with Gasteiger partial charge in [0.1, 0.15) is 0 Å². The molecule has 0 aliphatic heterocycles. The zero-order valence-electron chi connectivity index (χ0n) is 9.95. The molecule has 0 spiro atoms. The predicted octanol–water partition coefficient (Wildman–Crippen LogP) is 1.56. The molecule has 0 radical (unpaired) electrons. The monoisotopic (exact) mass is 223 g/mol. The maximum absolute atomic E-state index is 11.6. The van der Waals surface area contributed by atoms with Gasteiger partial charge in [0.15, 0.2) is 0 Å². The number of fused-ring (bicyclic) bond motifs is 1. The molecule has 3 fully saturated rings. The molecule has 16 heavy (non-hydrogen) atoms. The van der Waals surface area contributed by atoms with Gasteiger partial charge in [-0.15, -0.1) is 0 Å². The van der Waals surface area contributed by atoms with E-state index in [0.717, 1.165) is 11.8 Å². The molecule has 2 bridgehead atoms. The second-order valence-corrected chi connectivity index (χ2v) is 5.98. The Bertz CT molecular complexity index is 309. The Balaban J connectivity index is 1.83. The summed E-state index contributed by atoms with van der Waals surface area (Å²) < 4.78 is 4.84. The molecule has 0 amide bonds. The number of ether oxygens (including phenoxy) is 1. The molecule has 0 heterocycles. The van der Waals surface area contributed by atoms with Gasteiger partial charge in [0.2, 0.25) is 0 Å². The third kappa shape index (κ3) is 1.15. The van der Waals surface area contributed by atoms with Gasteiger partial charge in [-0.05, 0) is 54.9 Å². The first-order valence-electron chi connectivity index (χ1n) is 6.48. The summed E-state index contributed by atoms with van der Waals surface area (Å²) in [5, 5.41) is 0. The molecule has 3 heteroatoms. The highest BCUT2D eigenvalue weighted by Gasteiger charge is 2.65. The minimum Gasteiger partial charge on any atom is -0.469 e. The Labute approximate surface area is 96.7 Å². The summed E-state index contributed by atoms with van der Waals surface area (Å²) in [6.45, 7) is 0.667. The van der Waals surface area contributed by atoms with E-state index in [1.165, 1.54) is 32.8 Å². The number of carbonyl (C=O) groups excluding carboxylic acids is 1. The summed E-state index contributed by atoms with van der Waals surface area (Å²) in [5.41, 5.74) is 6.10. The second-order valence-electron chi connectivity index (χ2n) is 5.98. The van der Waals surface area contributed by atoms with Gasteiger partial charge in [-0.2, -0.15) is 0 Å². The van der Waals surface area contributed by atoms with E-state index in [-0.39, 0.29) is 11.4 Å². The highest BCUT2D eigenvalue weighted by molar-refractivity contribution is 5.70. The number of esters is 1. The summed E-state index contributed by atoms with van der Waals surface area (Å²) in [6, 6.07) is 0. The third-order valence-electron chi connectivity index (χ3n) is 5.67. The number of carbonyl (C=O) groups is 1. The van der Waals surface area contributed by atoms with E-state index in [1.54, 1.807) is 0 Å². The van der Waals surface area contributed by atoms with E-state index in [1.807, 2.05) is 0 Å². The van der Waals surface area contributed by atoms with Crippen LogP contribution in [-0.4, -0.2) is 19.6 Å². The molecule has 0 aromatic rings. The van der Waals surface area contributed by atoms with Crippen molar-refractivity contribution in [2.24, 2.45) is 34.8 Å². The Morgan fingerprint density at radius 2 is 2.19 bits per heavy atom. The lowest BCUT2D eigenvalue weighted by molar-refractivity contribution is -0.159. The van der Waals surface area contributed by atoms with Gasteiger partial charge in [-0.1, -0.05) is 6.42 Å². The fraction of sp³-hybridized carbons (Fsp3) is 0.923.